The summed E-state index contributed by atoms with van der Waals surface area (Å²) in [6.45, 7) is 7.80. The van der Waals surface area contributed by atoms with Crippen molar-refractivity contribution in [2.24, 2.45) is 5.92 Å². The summed E-state index contributed by atoms with van der Waals surface area (Å²) in [5, 5.41) is 11.4. The van der Waals surface area contributed by atoms with E-state index in [0.29, 0.717) is 36.9 Å². The second-order valence-corrected chi connectivity index (χ2v) is 10.4. The predicted molar refractivity (Wildman–Crippen MR) is 139 cm³/mol. The lowest BCUT2D eigenvalue weighted by atomic mass is 9.94. The molecule has 0 saturated carbocycles. The molecular weight excluding hydrogens is 456 g/mol. The van der Waals surface area contributed by atoms with E-state index in [2.05, 4.69) is 13.8 Å². The summed E-state index contributed by atoms with van der Waals surface area (Å²) < 4.78 is 11.7. The van der Waals surface area contributed by atoms with Crippen molar-refractivity contribution in [2.75, 3.05) is 33.8 Å². The van der Waals surface area contributed by atoms with E-state index < -0.39 is 17.7 Å². The topological polar surface area (TPSA) is 79.3 Å². The van der Waals surface area contributed by atoms with Crippen LogP contribution in [0.1, 0.15) is 49.9 Å². The minimum absolute atomic E-state index is 0.0624. The van der Waals surface area contributed by atoms with Crippen LogP contribution in [-0.2, 0) is 16.0 Å². The van der Waals surface area contributed by atoms with Gasteiger partial charge in [0.05, 0.1) is 18.2 Å². The van der Waals surface area contributed by atoms with Gasteiger partial charge in [0.15, 0.2) is 0 Å². The molecule has 36 heavy (non-hydrogen) atoms. The van der Waals surface area contributed by atoms with Gasteiger partial charge in [-0.2, -0.15) is 0 Å². The quantitative estimate of drug-likeness (QED) is 0.317. The number of nitrogens with zero attached hydrogens (tertiary/aromatic N) is 2. The minimum atomic E-state index is -0.706. The highest BCUT2D eigenvalue weighted by atomic mass is 16.5. The average Bonchev–Trinajstić information content (AvgIpc) is 3.32. The molecule has 1 fully saturated rings. The Morgan fingerprint density at radius 3 is 2.69 bits per heavy atom. The van der Waals surface area contributed by atoms with E-state index >= 15 is 0 Å². The monoisotopic (exact) mass is 492 g/mol. The SMILES string of the molecule is CC(C)CCOc1cccc([C@H]2/C(=C(\O)c3ccc4c(c3)C[C@H](C)O4)C(=O)C(=O)N2CCN(C)C)c1. The molecule has 0 aromatic heterocycles. The Bertz CT molecular complexity index is 1170. The first-order valence-corrected chi connectivity index (χ1v) is 12.6. The van der Waals surface area contributed by atoms with Crippen LogP contribution in [0.5, 0.6) is 11.5 Å². The average molecular weight is 493 g/mol. The zero-order chi connectivity index (χ0) is 26.0. The highest BCUT2D eigenvalue weighted by molar-refractivity contribution is 6.46. The van der Waals surface area contributed by atoms with E-state index in [1.165, 1.54) is 0 Å². The number of carbonyl (C=O) groups is 2. The van der Waals surface area contributed by atoms with Crippen molar-refractivity contribution in [2.45, 2.75) is 45.8 Å². The molecular formula is C29H36N2O5. The van der Waals surface area contributed by atoms with Crippen LogP contribution in [0.3, 0.4) is 0 Å². The molecule has 1 saturated heterocycles. The summed E-state index contributed by atoms with van der Waals surface area (Å²) in [5.74, 6) is 0.537. The number of ketones is 1. The standard InChI is InChI=1S/C29H36N2O5/c1-18(2)11-14-35-23-8-6-7-20(17-23)26-25(28(33)29(34)31(26)13-12-30(4)5)27(32)21-9-10-24-22(16-21)15-19(3)36-24/h6-10,16-19,26,32H,11-15H2,1-5H3/b27-25+/t19-,26-/m0/s1. The molecule has 0 radical (unpaired) electrons. The Labute approximate surface area is 213 Å². The molecule has 0 bridgehead atoms. The fraction of sp³-hybridized carbons (Fsp3) is 0.448. The third-order valence-corrected chi connectivity index (χ3v) is 6.64. The number of likely N-dealkylation sites (N-methyl/N-ethyl adjacent to an activating group) is 1. The van der Waals surface area contributed by atoms with Crippen molar-refractivity contribution < 1.29 is 24.2 Å². The Morgan fingerprint density at radius 2 is 1.97 bits per heavy atom. The number of carbonyl (C=O) groups excluding carboxylic acids is 2. The highest BCUT2D eigenvalue weighted by Crippen LogP contribution is 2.41. The number of fused-ring (bicyclic) bond motifs is 1. The van der Waals surface area contributed by atoms with Gasteiger partial charge in [-0.3, -0.25) is 9.59 Å². The number of benzene rings is 2. The molecule has 4 rings (SSSR count). The van der Waals surface area contributed by atoms with Gasteiger partial charge in [-0.15, -0.1) is 0 Å². The van der Waals surface area contributed by atoms with Crippen LogP contribution in [-0.4, -0.2) is 66.5 Å². The van der Waals surface area contributed by atoms with E-state index in [9.17, 15) is 14.7 Å². The summed E-state index contributed by atoms with van der Waals surface area (Å²) in [5.41, 5.74) is 2.32. The first-order chi connectivity index (χ1) is 17.2. The molecule has 2 aromatic carbocycles. The summed E-state index contributed by atoms with van der Waals surface area (Å²) in [6, 6.07) is 12.2. The highest BCUT2D eigenvalue weighted by Gasteiger charge is 2.46. The minimum Gasteiger partial charge on any atom is -0.507 e. The van der Waals surface area contributed by atoms with Gasteiger partial charge in [-0.05, 0) is 74.8 Å². The first kappa shape index (κ1) is 25.8. The Morgan fingerprint density at radius 1 is 1.19 bits per heavy atom. The Balaban J connectivity index is 1.75. The molecule has 7 heteroatoms. The van der Waals surface area contributed by atoms with Gasteiger partial charge >= 0.3 is 0 Å². The Kier molecular flexibility index (Phi) is 7.69. The lowest BCUT2D eigenvalue weighted by molar-refractivity contribution is -0.140. The fourth-order valence-corrected chi connectivity index (χ4v) is 4.68. The van der Waals surface area contributed by atoms with E-state index in [1.54, 1.807) is 11.0 Å². The van der Waals surface area contributed by atoms with Gasteiger partial charge in [0.1, 0.15) is 23.4 Å². The second kappa shape index (κ2) is 10.7. The maximum atomic E-state index is 13.3. The van der Waals surface area contributed by atoms with Gasteiger partial charge in [0.2, 0.25) is 0 Å². The zero-order valence-electron chi connectivity index (χ0n) is 21.8. The van der Waals surface area contributed by atoms with Gasteiger partial charge in [0.25, 0.3) is 11.7 Å². The summed E-state index contributed by atoms with van der Waals surface area (Å²) in [7, 11) is 3.84. The maximum absolute atomic E-state index is 13.3. The third-order valence-electron chi connectivity index (χ3n) is 6.64. The van der Waals surface area contributed by atoms with Gasteiger partial charge in [-0.25, -0.2) is 0 Å². The van der Waals surface area contributed by atoms with E-state index in [0.717, 1.165) is 29.7 Å². The largest absolute Gasteiger partial charge is 0.507 e. The van der Waals surface area contributed by atoms with Crippen LogP contribution in [0.25, 0.3) is 5.76 Å². The number of aliphatic hydroxyl groups is 1. The molecule has 0 aliphatic carbocycles. The van der Waals surface area contributed by atoms with Crippen molar-refractivity contribution in [3.63, 3.8) is 0 Å². The first-order valence-electron chi connectivity index (χ1n) is 12.6. The fourth-order valence-electron chi connectivity index (χ4n) is 4.68. The van der Waals surface area contributed by atoms with Gasteiger partial charge in [-0.1, -0.05) is 26.0 Å². The van der Waals surface area contributed by atoms with Crippen LogP contribution in [0, 0.1) is 5.92 Å². The lowest BCUT2D eigenvalue weighted by Crippen LogP contribution is -2.35. The molecule has 1 N–H and O–H groups in total. The molecule has 2 aliphatic rings. The van der Waals surface area contributed by atoms with Crippen molar-refractivity contribution in [1.29, 1.82) is 0 Å². The molecule has 0 unspecified atom stereocenters. The van der Waals surface area contributed by atoms with Crippen molar-refractivity contribution in [1.82, 2.24) is 9.80 Å². The van der Waals surface area contributed by atoms with Crippen LogP contribution in [0.2, 0.25) is 0 Å². The molecule has 2 atom stereocenters. The van der Waals surface area contributed by atoms with E-state index in [4.69, 9.17) is 9.47 Å². The molecule has 1 amide bonds. The molecule has 2 heterocycles. The maximum Gasteiger partial charge on any atom is 0.295 e. The number of ether oxygens (including phenoxy) is 2. The van der Waals surface area contributed by atoms with Crippen LogP contribution >= 0.6 is 0 Å². The van der Waals surface area contributed by atoms with Crippen molar-refractivity contribution in [3.8, 4) is 11.5 Å². The summed E-state index contributed by atoms with van der Waals surface area (Å²) in [6.07, 6.45) is 1.71. The predicted octanol–water partition coefficient (Wildman–Crippen LogP) is 4.42. The van der Waals surface area contributed by atoms with E-state index in [-0.39, 0.29) is 17.4 Å². The molecule has 0 spiro atoms. The van der Waals surface area contributed by atoms with Crippen LogP contribution in [0.15, 0.2) is 48.0 Å². The number of amides is 1. The van der Waals surface area contributed by atoms with Crippen molar-refractivity contribution >= 4 is 17.4 Å². The van der Waals surface area contributed by atoms with E-state index in [1.807, 2.05) is 62.3 Å². The smallest absolute Gasteiger partial charge is 0.295 e. The summed E-state index contributed by atoms with van der Waals surface area (Å²) >= 11 is 0. The number of hydrogen-bond donors (Lipinski definition) is 1. The Hall–Kier alpha value is -3.32. The zero-order valence-corrected chi connectivity index (χ0v) is 21.8. The van der Waals surface area contributed by atoms with Crippen LogP contribution < -0.4 is 9.47 Å². The number of Topliss-reactive ketones (excluding diaryl/α,β-unsaturated/α-hetero) is 1. The summed E-state index contributed by atoms with van der Waals surface area (Å²) in [4.78, 5) is 30.0. The third kappa shape index (κ3) is 5.41. The van der Waals surface area contributed by atoms with Crippen molar-refractivity contribution in [3.05, 3.63) is 64.7 Å². The number of rotatable bonds is 9. The lowest BCUT2D eigenvalue weighted by Gasteiger charge is -2.27. The number of hydrogen-bond acceptors (Lipinski definition) is 6. The molecule has 7 nitrogen and oxygen atoms in total. The molecule has 192 valence electrons. The molecule has 2 aliphatic heterocycles. The van der Waals surface area contributed by atoms with Gasteiger partial charge in [0, 0.05) is 25.1 Å². The van der Waals surface area contributed by atoms with Gasteiger partial charge < -0.3 is 24.4 Å². The van der Waals surface area contributed by atoms with Crippen LogP contribution in [0.4, 0.5) is 0 Å². The second-order valence-electron chi connectivity index (χ2n) is 10.4. The molecule has 2 aromatic rings. The normalized spacial score (nSPS) is 20.8. The number of aliphatic hydroxyl groups excluding tert-OH is 1. The number of likely N-dealkylation sites (tertiary alicyclic amines) is 1.